The van der Waals surface area contributed by atoms with Crippen LogP contribution in [0.3, 0.4) is 0 Å². The normalized spacial score (nSPS) is 9.83. The lowest BCUT2D eigenvalue weighted by atomic mass is 10.2. The van der Waals surface area contributed by atoms with Crippen molar-refractivity contribution < 1.29 is 9.47 Å². The molecule has 0 fully saturated rings. The van der Waals surface area contributed by atoms with Gasteiger partial charge in [0.05, 0.1) is 7.11 Å². The number of rotatable bonds is 5. The van der Waals surface area contributed by atoms with Gasteiger partial charge >= 0.3 is 0 Å². The largest absolute Gasteiger partial charge is 0.497 e. The van der Waals surface area contributed by atoms with E-state index < -0.39 is 0 Å². The van der Waals surface area contributed by atoms with Crippen molar-refractivity contribution in [1.29, 1.82) is 0 Å². The van der Waals surface area contributed by atoms with Crippen molar-refractivity contribution in [3.63, 3.8) is 0 Å². The van der Waals surface area contributed by atoms with Crippen LogP contribution in [0, 0.1) is 0 Å². The molecule has 2 rings (SSSR count). The van der Waals surface area contributed by atoms with Crippen LogP contribution in [-0.4, -0.2) is 7.11 Å². The van der Waals surface area contributed by atoms with Gasteiger partial charge in [-0.25, -0.2) is 0 Å². The van der Waals surface area contributed by atoms with Crippen LogP contribution in [0.15, 0.2) is 61.2 Å². The van der Waals surface area contributed by atoms with Gasteiger partial charge in [-0.2, -0.15) is 0 Å². The molecule has 0 saturated heterocycles. The molecule has 18 heavy (non-hydrogen) atoms. The molecule has 2 heteroatoms. The molecule has 0 spiro atoms. The summed E-state index contributed by atoms with van der Waals surface area (Å²) in [5, 5.41) is 0. The van der Waals surface area contributed by atoms with E-state index >= 15 is 0 Å². The molecule has 0 bridgehead atoms. The summed E-state index contributed by atoms with van der Waals surface area (Å²) in [5.74, 6) is 1.45. The lowest BCUT2D eigenvalue weighted by molar-refractivity contribution is 0.265. The van der Waals surface area contributed by atoms with Gasteiger partial charge in [-0.1, -0.05) is 49.0 Å². The molecule has 0 unspecified atom stereocenters. The van der Waals surface area contributed by atoms with Crippen LogP contribution in [0.1, 0.15) is 11.1 Å². The minimum Gasteiger partial charge on any atom is -0.497 e. The molecule has 92 valence electrons. The summed E-state index contributed by atoms with van der Waals surface area (Å²) in [6.07, 6.45) is 0. The first-order chi connectivity index (χ1) is 8.79. The van der Waals surface area contributed by atoms with E-state index in [0.29, 0.717) is 12.4 Å². The van der Waals surface area contributed by atoms with E-state index in [1.807, 2.05) is 54.6 Å². The second kappa shape index (κ2) is 5.92. The molecule has 0 radical (unpaired) electrons. The molecular formula is C16H16O2. The van der Waals surface area contributed by atoms with E-state index in [1.165, 1.54) is 0 Å². The molecule has 2 aromatic rings. The highest BCUT2D eigenvalue weighted by Crippen LogP contribution is 2.20. The summed E-state index contributed by atoms with van der Waals surface area (Å²) in [5.41, 5.74) is 2.06. The topological polar surface area (TPSA) is 18.5 Å². The second-order valence-corrected chi connectivity index (χ2v) is 3.93. The van der Waals surface area contributed by atoms with E-state index in [9.17, 15) is 0 Å². The number of methoxy groups -OCH3 is 1. The van der Waals surface area contributed by atoms with Gasteiger partial charge in [-0.15, -0.1) is 0 Å². The maximum Gasteiger partial charge on any atom is 0.120 e. The highest BCUT2D eigenvalue weighted by Gasteiger charge is 2.02. The first kappa shape index (κ1) is 12.2. The fourth-order valence-corrected chi connectivity index (χ4v) is 1.62. The van der Waals surface area contributed by atoms with Crippen LogP contribution in [-0.2, 0) is 11.3 Å². The zero-order valence-corrected chi connectivity index (χ0v) is 10.4. The minimum absolute atomic E-state index is 0.525. The Morgan fingerprint density at radius 1 is 1.06 bits per heavy atom. The molecule has 0 N–H and O–H groups in total. The van der Waals surface area contributed by atoms with Crippen molar-refractivity contribution >= 4 is 5.76 Å². The third-order valence-electron chi connectivity index (χ3n) is 2.65. The van der Waals surface area contributed by atoms with Crippen molar-refractivity contribution in [2.75, 3.05) is 7.11 Å². The van der Waals surface area contributed by atoms with Gasteiger partial charge in [0.1, 0.15) is 18.1 Å². The Kier molecular flexibility index (Phi) is 4.02. The minimum atomic E-state index is 0.525. The number of hydrogen-bond acceptors (Lipinski definition) is 2. The molecular weight excluding hydrogens is 224 g/mol. The predicted molar refractivity (Wildman–Crippen MR) is 73.3 cm³/mol. The van der Waals surface area contributed by atoms with Gasteiger partial charge in [-0.3, -0.25) is 0 Å². The monoisotopic (exact) mass is 240 g/mol. The van der Waals surface area contributed by atoms with Crippen LogP contribution in [0.2, 0.25) is 0 Å². The van der Waals surface area contributed by atoms with Gasteiger partial charge in [-0.05, 0) is 17.7 Å². The van der Waals surface area contributed by atoms with Crippen molar-refractivity contribution in [2.24, 2.45) is 0 Å². The van der Waals surface area contributed by atoms with Crippen molar-refractivity contribution in [3.05, 3.63) is 72.3 Å². The molecule has 2 aromatic carbocycles. The Morgan fingerprint density at radius 2 is 1.83 bits per heavy atom. The second-order valence-electron chi connectivity index (χ2n) is 3.93. The van der Waals surface area contributed by atoms with E-state index in [-0.39, 0.29) is 0 Å². The van der Waals surface area contributed by atoms with Crippen LogP contribution in [0.25, 0.3) is 5.76 Å². The Balaban J connectivity index is 1.99. The van der Waals surface area contributed by atoms with Crippen molar-refractivity contribution in [1.82, 2.24) is 0 Å². The fourth-order valence-electron chi connectivity index (χ4n) is 1.62. The van der Waals surface area contributed by atoms with Crippen molar-refractivity contribution in [2.45, 2.75) is 6.61 Å². The quantitative estimate of drug-likeness (QED) is 0.738. The molecule has 2 nitrogen and oxygen atoms in total. The fraction of sp³-hybridized carbons (Fsp3) is 0.125. The maximum absolute atomic E-state index is 5.66. The molecule has 0 atom stereocenters. The average Bonchev–Trinajstić information content (AvgIpc) is 2.46. The Hall–Kier alpha value is -2.22. The third kappa shape index (κ3) is 3.14. The highest BCUT2D eigenvalue weighted by atomic mass is 16.5. The SMILES string of the molecule is C=C(OCc1ccccc1)c1cccc(OC)c1. The van der Waals surface area contributed by atoms with Crippen LogP contribution < -0.4 is 4.74 Å². The van der Waals surface area contributed by atoms with Crippen molar-refractivity contribution in [3.8, 4) is 5.75 Å². The first-order valence-electron chi connectivity index (χ1n) is 5.79. The number of hydrogen-bond donors (Lipinski definition) is 0. The molecule has 0 aliphatic rings. The molecule has 0 aromatic heterocycles. The maximum atomic E-state index is 5.66. The molecule has 0 heterocycles. The number of ether oxygens (including phenoxy) is 2. The van der Waals surface area contributed by atoms with E-state index in [0.717, 1.165) is 16.9 Å². The lowest BCUT2D eigenvalue weighted by Gasteiger charge is -2.10. The standard InChI is InChI=1S/C16H16O2/c1-13(15-9-6-10-16(11-15)17-2)18-12-14-7-4-3-5-8-14/h3-11H,1,12H2,2H3. The smallest absolute Gasteiger partial charge is 0.120 e. The summed E-state index contributed by atoms with van der Waals surface area (Å²) < 4.78 is 10.8. The summed E-state index contributed by atoms with van der Waals surface area (Å²) in [6, 6.07) is 17.7. The van der Waals surface area contributed by atoms with Crippen LogP contribution in [0.4, 0.5) is 0 Å². The third-order valence-corrected chi connectivity index (χ3v) is 2.65. The highest BCUT2D eigenvalue weighted by molar-refractivity contribution is 5.59. The van der Waals surface area contributed by atoms with Gasteiger partial charge < -0.3 is 9.47 Å². The Bertz CT molecular complexity index is 518. The Labute approximate surface area is 107 Å². The van der Waals surface area contributed by atoms with Gasteiger partial charge in [0.15, 0.2) is 0 Å². The summed E-state index contributed by atoms with van der Waals surface area (Å²) >= 11 is 0. The first-order valence-corrected chi connectivity index (χ1v) is 5.79. The molecule has 0 aliphatic heterocycles. The molecule has 0 aliphatic carbocycles. The summed E-state index contributed by atoms with van der Waals surface area (Å²) in [6.45, 7) is 4.46. The average molecular weight is 240 g/mol. The zero-order chi connectivity index (χ0) is 12.8. The van der Waals surface area contributed by atoms with Gasteiger partial charge in [0.2, 0.25) is 0 Å². The molecule has 0 amide bonds. The Morgan fingerprint density at radius 3 is 2.56 bits per heavy atom. The molecule has 0 saturated carbocycles. The van der Waals surface area contributed by atoms with Crippen LogP contribution in [0.5, 0.6) is 5.75 Å². The van der Waals surface area contributed by atoms with Gasteiger partial charge in [0.25, 0.3) is 0 Å². The van der Waals surface area contributed by atoms with E-state index in [2.05, 4.69) is 6.58 Å². The van der Waals surface area contributed by atoms with E-state index in [1.54, 1.807) is 7.11 Å². The lowest BCUT2D eigenvalue weighted by Crippen LogP contribution is -1.93. The van der Waals surface area contributed by atoms with E-state index in [4.69, 9.17) is 9.47 Å². The predicted octanol–water partition coefficient (Wildman–Crippen LogP) is 3.88. The van der Waals surface area contributed by atoms with Gasteiger partial charge in [0, 0.05) is 5.56 Å². The summed E-state index contributed by atoms with van der Waals surface area (Å²) in [7, 11) is 1.65. The summed E-state index contributed by atoms with van der Waals surface area (Å²) in [4.78, 5) is 0. The zero-order valence-electron chi connectivity index (χ0n) is 10.4. The van der Waals surface area contributed by atoms with Crippen LogP contribution >= 0.6 is 0 Å². The number of benzene rings is 2.